The van der Waals surface area contributed by atoms with Crippen LogP contribution in [-0.2, 0) is 7.05 Å². The SMILES string of the molecule is Cc1cc(C2CCC2)nc(NCCSc2nnnn2C)n1. The second-order valence-electron chi connectivity index (χ2n) is 5.25. The Bertz CT molecular complexity index is 608. The van der Waals surface area contributed by atoms with E-state index in [1.807, 2.05) is 14.0 Å². The van der Waals surface area contributed by atoms with E-state index in [0.29, 0.717) is 5.92 Å². The van der Waals surface area contributed by atoms with Crippen LogP contribution in [0.5, 0.6) is 0 Å². The van der Waals surface area contributed by atoms with Crippen molar-refractivity contribution in [2.45, 2.75) is 37.3 Å². The fraction of sp³-hybridized carbons (Fsp3) is 0.615. The van der Waals surface area contributed by atoms with Gasteiger partial charge in [-0.15, -0.1) is 5.10 Å². The number of aryl methyl sites for hydroxylation is 2. The highest BCUT2D eigenvalue weighted by molar-refractivity contribution is 7.99. The molecule has 0 radical (unpaired) electrons. The number of tetrazole rings is 1. The minimum atomic E-state index is 0.631. The zero-order valence-electron chi connectivity index (χ0n) is 12.3. The largest absolute Gasteiger partial charge is 0.353 e. The molecule has 7 nitrogen and oxygen atoms in total. The molecule has 0 atom stereocenters. The molecule has 0 spiro atoms. The van der Waals surface area contributed by atoms with Crippen LogP contribution in [0.3, 0.4) is 0 Å². The van der Waals surface area contributed by atoms with Gasteiger partial charge in [-0.1, -0.05) is 18.2 Å². The molecule has 0 bridgehead atoms. The first kappa shape index (κ1) is 14.2. The van der Waals surface area contributed by atoms with Gasteiger partial charge in [0, 0.05) is 36.7 Å². The summed E-state index contributed by atoms with van der Waals surface area (Å²) in [5, 5.41) is 15.5. The highest BCUT2D eigenvalue weighted by atomic mass is 32.2. The maximum atomic E-state index is 4.63. The Balaban J connectivity index is 1.52. The number of nitrogens with one attached hydrogen (secondary N) is 1. The molecule has 1 saturated carbocycles. The van der Waals surface area contributed by atoms with Crippen LogP contribution in [0, 0.1) is 6.92 Å². The summed E-state index contributed by atoms with van der Waals surface area (Å²) >= 11 is 1.61. The van der Waals surface area contributed by atoms with Crippen LogP contribution in [0.25, 0.3) is 0 Å². The van der Waals surface area contributed by atoms with Crippen LogP contribution < -0.4 is 5.32 Å². The Labute approximate surface area is 127 Å². The van der Waals surface area contributed by atoms with Crippen molar-refractivity contribution in [1.29, 1.82) is 0 Å². The van der Waals surface area contributed by atoms with Gasteiger partial charge in [0.15, 0.2) is 0 Å². The van der Waals surface area contributed by atoms with Gasteiger partial charge in [-0.2, -0.15) is 0 Å². The molecular formula is C13H19N7S. The summed E-state index contributed by atoms with van der Waals surface area (Å²) in [5.41, 5.74) is 2.21. The topological polar surface area (TPSA) is 81.4 Å². The summed E-state index contributed by atoms with van der Waals surface area (Å²) in [4.78, 5) is 9.08. The van der Waals surface area contributed by atoms with Crippen LogP contribution in [0.4, 0.5) is 5.95 Å². The lowest BCUT2D eigenvalue weighted by molar-refractivity contribution is 0.410. The molecule has 8 heteroatoms. The summed E-state index contributed by atoms with van der Waals surface area (Å²) < 4.78 is 1.67. The van der Waals surface area contributed by atoms with Gasteiger partial charge in [-0.25, -0.2) is 14.6 Å². The molecule has 2 aromatic heterocycles. The molecule has 1 aliphatic carbocycles. The van der Waals surface area contributed by atoms with Gasteiger partial charge in [0.2, 0.25) is 11.1 Å². The Morgan fingerprint density at radius 3 is 2.90 bits per heavy atom. The van der Waals surface area contributed by atoms with Crippen molar-refractivity contribution < 1.29 is 0 Å². The Hall–Kier alpha value is -1.70. The van der Waals surface area contributed by atoms with Gasteiger partial charge in [0.05, 0.1) is 0 Å². The van der Waals surface area contributed by atoms with Gasteiger partial charge in [0.25, 0.3) is 0 Å². The highest BCUT2D eigenvalue weighted by Gasteiger charge is 2.21. The van der Waals surface area contributed by atoms with E-state index in [1.165, 1.54) is 25.0 Å². The van der Waals surface area contributed by atoms with Crippen molar-refractivity contribution in [2.24, 2.45) is 7.05 Å². The molecule has 1 fully saturated rings. The lowest BCUT2D eigenvalue weighted by Crippen LogP contribution is -2.14. The number of nitrogens with zero attached hydrogens (tertiary/aromatic N) is 6. The lowest BCUT2D eigenvalue weighted by Gasteiger charge is -2.25. The third-order valence-corrected chi connectivity index (χ3v) is 4.61. The molecule has 2 aromatic rings. The first-order chi connectivity index (χ1) is 10.2. The van der Waals surface area contributed by atoms with Gasteiger partial charge in [0.1, 0.15) is 0 Å². The summed E-state index contributed by atoms with van der Waals surface area (Å²) in [6, 6.07) is 2.11. The third kappa shape index (κ3) is 3.49. The van der Waals surface area contributed by atoms with E-state index < -0.39 is 0 Å². The van der Waals surface area contributed by atoms with Crippen LogP contribution in [-0.4, -0.2) is 42.5 Å². The first-order valence-corrected chi connectivity index (χ1v) is 8.15. The standard InChI is InChI=1S/C13H19N7S/c1-9-8-11(10-4-3-5-10)16-12(15-9)14-6-7-21-13-17-18-19-20(13)2/h8,10H,3-7H2,1-2H3,(H,14,15,16). The normalized spacial score (nSPS) is 15.0. The average Bonchev–Trinajstić information content (AvgIpc) is 2.78. The minimum absolute atomic E-state index is 0.631. The maximum Gasteiger partial charge on any atom is 0.223 e. The predicted molar refractivity (Wildman–Crippen MR) is 81.4 cm³/mol. The van der Waals surface area contributed by atoms with Crippen molar-refractivity contribution in [2.75, 3.05) is 17.6 Å². The lowest BCUT2D eigenvalue weighted by atomic mass is 9.83. The summed E-state index contributed by atoms with van der Waals surface area (Å²) in [7, 11) is 1.84. The van der Waals surface area contributed by atoms with Crippen molar-refractivity contribution >= 4 is 17.7 Å². The Morgan fingerprint density at radius 2 is 2.24 bits per heavy atom. The van der Waals surface area contributed by atoms with Gasteiger partial charge in [-0.3, -0.25) is 0 Å². The van der Waals surface area contributed by atoms with Crippen molar-refractivity contribution in [3.8, 4) is 0 Å². The highest BCUT2D eigenvalue weighted by Crippen LogP contribution is 2.35. The number of thioether (sulfide) groups is 1. The van der Waals surface area contributed by atoms with E-state index in [9.17, 15) is 0 Å². The molecule has 0 saturated heterocycles. The van der Waals surface area contributed by atoms with Crippen molar-refractivity contribution in [1.82, 2.24) is 30.2 Å². The minimum Gasteiger partial charge on any atom is -0.353 e. The predicted octanol–water partition coefficient (Wildman–Crippen LogP) is 1.78. The number of anilines is 1. The van der Waals surface area contributed by atoms with Crippen LogP contribution in [0.2, 0.25) is 0 Å². The summed E-state index contributed by atoms with van der Waals surface area (Å²) in [5.74, 6) is 2.23. The molecule has 21 heavy (non-hydrogen) atoms. The third-order valence-electron chi connectivity index (χ3n) is 3.60. The molecule has 1 N–H and O–H groups in total. The molecule has 0 aromatic carbocycles. The van der Waals surface area contributed by atoms with Crippen LogP contribution >= 0.6 is 11.8 Å². The maximum absolute atomic E-state index is 4.63. The van der Waals surface area contributed by atoms with Crippen molar-refractivity contribution in [3.63, 3.8) is 0 Å². The molecule has 3 rings (SSSR count). The monoisotopic (exact) mass is 305 g/mol. The summed E-state index contributed by atoms with van der Waals surface area (Å²) in [6.07, 6.45) is 3.83. The number of hydrogen-bond donors (Lipinski definition) is 1. The molecule has 2 heterocycles. The number of rotatable bonds is 6. The smallest absolute Gasteiger partial charge is 0.223 e. The molecule has 0 aliphatic heterocycles. The second-order valence-corrected chi connectivity index (χ2v) is 6.31. The molecule has 0 unspecified atom stereocenters. The van der Waals surface area contributed by atoms with Gasteiger partial charge < -0.3 is 5.32 Å². The average molecular weight is 305 g/mol. The first-order valence-electron chi connectivity index (χ1n) is 7.17. The van der Waals surface area contributed by atoms with E-state index in [0.717, 1.165) is 29.1 Å². The van der Waals surface area contributed by atoms with E-state index in [1.54, 1.807) is 16.4 Å². The van der Waals surface area contributed by atoms with Gasteiger partial charge in [-0.05, 0) is 36.3 Å². The Morgan fingerprint density at radius 1 is 1.38 bits per heavy atom. The van der Waals surface area contributed by atoms with E-state index >= 15 is 0 Å². The number of aromatic nitrogens is 6. The molecular weight excluding hydrogens is 286 g/mol. The fourth-order valence-electron chi connectivity index (χ4n) is 2.23. The van der Waals surface area contributed by atoms with Crippen LogP contribution in [0.15, 0.2) is 11.2 Å². The molecule has 0 amide bonds. The zero-order valence-corrected chi connectivity index (χ0v) is 13.1. The molecule has 112 valence electrons. The summed E-state index contributed by atoms with van der Waals surface area (Å²) in [6.45, 7) is 2.81. The van der Waals surface area contributed by atoms with E-state index in [4.69, 9.17) is 0 Å². The van der Waals surface area contributed by atoms with E-state index in [-0.39, 0.29) is 0 Å². The molecule has 1 aliphatic rings. The van der Waals surface area contributed by atoms with Crippen LogP contribution in [0.1, 0.15) is 36.6 Å². The fourth-order valence-corrected chi connectivity index (χ4v) is 2.94. The quantitative estimate of drug-likeness (QED) is 0.643. The Kier molecular flexibility index (Phi) is 4.33. The van der Waals surface area contributed by atoms with Gasteiger partial charge >= 0.3 is 0 Å². The zero-order chi connectivity index (χ0) is 14.7. The van der Waals surface area contributed by atoms with Crippen molar-refractivity contribution in [3.05, 3.63) is 17.5 Å². The van der Waals surface area contributed by atoms with E-state index in [2.05, 4.69) is 36.9 Å². The number of hydrogen-bond acceptors (Lipinski definition) is 7. The second kappa shape index (κ2) is 6.38.